The molecule has 0 bridgehead atoms. The van der Waals surface area contributed by atoms with E-state index in [0.717, 1.165) is 0 Å². The summed E-state index contributed by atoms with van der Waals surface area (Å²) in [6.07, 6.45) is 0.941. The molecule has 0 fully saturated rings. The van der Waals surface area contributed by atoms with Crippen LogP contribution in [0.2, 0.25) is 0 Å². The van der Waals surface area contributed by atoms with Crippen LogP contribution in [-0.4, -0.2) is 36.8 Å². The first-order valence-electron chi connectivity index (χ1n) is 7.95. The fourth-order valence-electron chi connectivity index (χ4n) is 2.98. The predicted molar refractivity (Wildman–Crippen MR) is 89.4 cm³/mol. The van der Waals surface area contributed by atoms with Gasteiger partial charge in [0.1, 0.15) is 17.6 Å². The Hall–Kier alpha value is -2.70. The van der Waals surface area contributed by atoms with Gasteiger partial charge in [-0.25, -0.2) is 4.79 Å². The molecule has 1 aromatic carbocycles. The van der Waals surface area contributed by atoms with Gasteiger partial charge in [0.05, 0.1) is 7.11 Å². The highest BCUT2D eigenvalue weighted by Crippen LogP contribution is 2.38. The molecule has 0 radical (unpaired) electrons. The van der Waals surface area contributed by atoms with E-state index in [4.69, 9.17) is 9.47 Å². The van der Waals surface area contributed by atoms with Gasteiger partial charge >= 0.3 is 11.9 Å². The number of nitrogens with zero attached hydrogens (tertiary/aromatic N) is 1. The predicted octanol–water partition coefficient (Wildman–Crippen LogP) is 1.58. The zero-order valence-electron chi connectivity index (χ0n) is 14.8. The largest absolute Gasteiger partial charge is 0.467 e. The third kappa shape index (κ3) is 4.04. The lowest BCUT2D eigenvalue weighted by Gasteiger charge is -2.22. The lowest BCUT2D eigenvalue weighted by atomic mass is 10.0. The number of hydrogen-bond donors (Lipinski definition) is 0. The van der Waals surface area contributed by atoms with E-state index >= 15 is 0 Å². The minimum atomic E-state index is -0.745. The van der Waals surface area contributed by atoms with Gasteiger partial charge < -0.3 is 14.3 Å². The molecule has 1 aliphatic heterocycles. The summed E-state index contributed by atoms with van der Waals surface area (Å²) in [5, 5.41) is 0. The van der Waals surface area contributed by atoms with Crippen molar-refractivity contribution in [1.82, 2.24) is 0 Å². The first-order chi connectivity index (χ1) is 11.7. The zero-order chi connectivity index (χ0) is 18.7. The molecule has 0 saturated heterocycles. The third-order valence-electron chi connectivity index (χ3n) is 4.06. The standard InChI is InChI=1S/C18H21NO6/c1-10(20)5-6-13-7-15-14(9-17(13)25-12(3)22)8-16(18(23)24-4)19(15)11(2)21/h7,9,16H,5-6,8H2,1-4H3. The van der Waals surface area contributed by atoms with Gasteiger partial charge in [0.25, 0.3) is 0 Å². The number of carbonyl (C=O) groups excluding carboxylic acids is 4. The molecule has 1 aliphatic rings. The van der Waals surface area contributed by atoms with E-state index < -0.39 is 18.0 Å². The normalized spacial score (nSPS) is 15.5. The van der Waals surface area contributed by atoms with Crippen molar-refractivity contribution in [3.8, 4) is 5.75 Å². The lowest BCUT2D eigenvalue weighted by molar-refractivity contribution is -0.143. The molecule has 1 atom stereocenters. The third-order valence-corrected chi connectivity index (χ3v) is 4.06. The van der Waals surface area contributed by atoms with Crippen LogP contribution < -0.4 is 9.64 Å². The van der Waals surface area contributed by atoms with Gasteiger partial charge in [0, 0.05) is 32.4 Å². The number of fused-ring (bicyclic) bond motifs is 1. The number of carbonyl (C=O) groups is 4. The van der Waals surface area contributed by atoms with Gasteiger partial charge in [-0.15, -0.1) is 0 Å². The van der Waals surface area contributed by atoms with Crippen LogP contribution in [0.1, 0.15) is 38.3 Å². The number of ether oxygens (including phenoxy) is 2. The Bertz CT molecular complexity index is 739. The average Bonchev–Trinajstić information content (AvgIpc) is 2.89. The molecule has 1 unspecified atom stereocenters. The van der Waals surface area contributed by atoms with E-state index in [0.29, 0.717) is 29.0 Å². The number of ketones is 1. The molecule has 0 N–H and O–H groups in total. The Kier molecular flexibility index (Phi) is 5.56. The molecule has 7 heteroatoms. The molecule has 0 saturated carbocycles. The van der Waals surface area contributed by atoms with Crippen molar-refractivity contribution in [3.05, 3.63) is 23.3 Å². The number of rotatable bonds is 5. The summed E-state index contributed by atoms with van der Waals surface area (Å²) in [6.45, 7) is 4.15. The van der Waals surface area contributed by atoms with Gasteiger partial charge in [0.2, 0.25) is 5.91 Å². The first kappa shape index (κ1) is 18.6. The Labute approximate surface area is 145 Å². The summed E-state index contributed by atoms with van der Waals surface area (Å²) in [5.74, 6) is -0.917. The second-order valence-electron chi connectivity index (χ2n) is 6.02. The van der Waals surface area contributed by atoms with Crippen LogP contribution in [-0.2, 0) is 36.8 Å². The van der Waals surface area contributed by atoms with Crippen molar-refractivity contribution < 1.29 is 28.7 Å². The molecule has 0 spiro atoms. The number of amides is 1. The molecular weight excluding hydrogens is 326 g/mol. The first-order valence-corrected chi connectivity index (χ1v) is 7.95. The summed E-state index contributed by atoms with van der Waals surface area (Å²) in [4.78, 5) is 48.1. The highest BCUT2D eigenvalue weighted by molar-refractivity contribution is 6.01. The van der Waals surface area contributed by atoms with Crippen LogP contribution in [0.4, 0.5) is 5.69 Å². The molecule has 0 aromatic heterocycles. The van der Waals surface area contributed by atoms with E-state index in [1.54, 1.807) is 12.1 Å². The van der Waals surface area contributed by atoms with Gasteiger partial charge in [-0.2, -0.15) is 0 Å². The van der Waals surface area contributed by atoms with Crippen molar-refractivity contribution in [2.24, 2.45) is 0 Å². The Morgan fingerprint density at radius 3 is 2.36 bits per heavy atom. The molecule has 134 valence electrons. The fraction of sp³-hybridized carbons (Fsp3) is 0.444. The molecule has 7 nitrogen and oxygen atoms in total. The van der Waals surface area contributed by atoms with E-state index in [1.807, 2.05) is 0 Å². The van der Waals surface area contributed by atoms with E-state index in [-0.39, 0.29) is 24.5 Å². The van der Waals surface area contributed by atoms with Crippen LogP contribution in [0.5, 0.6) is 5.75 Å². The molecule has 25 heavy (non-hydrogen) atoms. The van der Waals surface area contributed by atoms with Crippen LogP contribution >= 0.6 is 0 Å². The van der Waals surface area contributed by atoms with Crippen molar-refractivity contribution in [3.63, 3.8) is 0 Å². The van der Waals surface area contributed by atoms with Gasteiger partial charge in [-0.1, -0.05) is 0 Å². The molecular formula is C18H21NO6. The van der Waals surface area contributed by atoms with Crippen LogP contribution in [0.25, 0.3) is 0 Å². The van der Waals surface area contributed by atoms with E-state index in [1.165, 1.54) is 32.8 Å². The number of esters is 2. The maximum absolute atomic E-state index is 12.1. The van der Waals surface area contributed by atoms with Crippen molar-refractivity contribution in [2.45, 2.75) is 46.1 Å². The van der Waals surface area contributed by atoms with Gasteiger partial charge in [0.15, 0.2) is 0 Å². The Balaban J connectivity index is 2.49. The lowest BCUT2D eigenvalue weighted by Crippen LogP contribution is -2.42. The number of hydrogen-bond acceptors (Lipinski definition) is 6. The summed E-state index contributed by atoms with van der Waals surface area (Å²) < 4.78 is 10.0. The monoisotopic (exact) mass is 347 g/mol. The highest BCUT2D eigenvalue weighted by Gasteiger charge is 2.38. The molecule has 2 rings (SSSR count). The maximum Gasteiger partial charge on any atom is 0.329 e. The van der Waals surface area contributed by atoms with Crippen molar-refractivity contribution in [1.29, 1.82) is 0 Å². The number of methoxy groups -OCH3 is 1. The molecule has 1 aromatic rings. The molecule has 0 aliphatic carbocycles. The second-order valence-corrected chi connectivity index (χ2v) is 6.02. The summed E-state index contributed by atoms with van der Waals surface area (Å²) in [7, 11) is 1.27. The van der Waals surface area contributed by atoms with Crippen molar-refractivity contribution >= 4 is 29.3 Å². The molecule has 1 amide bonds. The topological polar surface area (TPSA) is 90.0 Å². The minimum Gasteiger partial charge on any atom is -0.467 e. The van der Waals surface area contributed by atoms with Crippen molar-refractivity contribution in [2.75, 3.05) is 12.0 Å². The second kappa shape index (κ2) is 7.46. The summed E-state index contributed by atoms with van der Waals surface area (Å²) >= 11 is 0. The van der Waals surface area contributed by atoms with Crippen LogP contribution in [0.3, 0.4) is 0 Å². The summed E-state index contributed by atoms with van der Waals surface area (Å²) in [6, 6.07) is 2.62. The number of aryl methyl sites for hydroxylation is 1. The Morgan fingerprint density at radius 1 is 1.16 bits per heavy atom. The molecule has 1 heterocycles. The SMILES string of the molecule is COC(=O)C1Cc2cc(OC(C)=O)c(CCC(C)=O)cc2N1C(C)=O. The number of anilines is 1. The Morgan fingerprint density at radius 2 is 1.84 bits per heavy atom. The zero-order valence-corrected chi connectivity index (χ0v) is 14.8. The van der Waals surface area contributed by atoms with E-state index in [2.05, 4.69) is 0 Å². The fourth-order valence-corrected chi connectivity index (χ4v) is 2.98. The minimum absolute atomic E-state index is 0.00475. The van der Waals surface area contributed by atoms with Crippen LogP contribution in [0, 0.1) is 0 Å². The highest BCUT2D eigenvalue weighted by atomic mass is 16.5. The number of benzene rings is 1. The van der Waals surface area contributed by atoms with E-state index in [9.17, 15) is 19.2 Å². The maximum atomic E-state index is 12.1. The number of Topliss-reactive ketones (excluding diaryl/α,β-unsaturated/α-hetero) is 1. The quantitative estimate of drug-likeness (QED) is 0.593. The van der Waals surface area contributed by atoms with Gasteiger partial charge in [-0.05, 0) is 36.6 Å². The average molecular weight is 347 g/mol. The van der Waals surface area contributed by atoms with Crippen LogP contribution in [0.15, 0.2) is 12.1 Å². The summed E-state index contributed by atoms with van der Waals surface area (Å²) in [5.41, 5.74) is 1.94. The van der Waals surface area contributed by atoms with Gasteiger partial charge in [-0.3, -0.25) is 14.5 Å². The smallest absolute Gasteiger partial charge is 0.329 e.